The Kier molecular flexibility index (Phi) is 5.95. The van der Waals surface area contributed by atoms with E-state index in [0.29, 0.717) is 27.1 Å². The van der Waals surface area contributed by atoms with Gasteiger partial charge in [0, 0.05) is 17.6 Å². The molecule has 0 saturated carbocycles. The Morgan fingerprint density at radius 1 is 1.00 bits per heavy atom. The summed E-state index contributed by atoms with van der Waals surface area (Å²) in [5.41, 5.74) is 6.74. The Bertz CT molecular complexity index is 991. The van der Waals surface area contributed by atoms with Crippen LogP contribution >= 0.6 is 35.4 Å². The van der Waals surface area contributed by atoms with Gasteiger partial charge in [0.25, 0.3) is 5.91 Å². The van der Waals surface area contributed by atoms with Crippen LogP contribution in [0.25, 0.3) is 5.69 Å². The fraction of sp³-hybridized carbons (Fsp3) is 0. The zero-order chi connectivity index (χ0) is 19.4. The van der Waals surface area contributed by atoms with E-state index in [-0.39, 0.29) is 10.9 Å². The van der Waals surface area contributed by atoms with E-state index in [2.05, 4.69) is 16.2 Å². The molecule has 0 aliphatic heterocycles. The number of halogens is 3. The van der Waals surface area contributed by atoms with Crippen molar-refractivity contribution in [3.63, 3.8) is 0 Å². The number of thiocarbonyl (C=S) groups is 1. The number of hydrogen-bond acceptors (Lipinski definition) is 2. The van der Waals surface area contributed by atoms with Crippen molar-refractivity contribution in [1.29, 1.82) is 0 Å². The molecule has 27 heavy (non-hydrogen) atoms. The van der Waals surface area contributed by atoms with Crippen molar-refractivity contribution in [2.75, 3.05) is 5.32 Å². The van der Waals surface area contributed by atoms with Crippen molar-refractivity contribution >= 4 is 52.1 Å². The Morgan fingerprint density at radius 2 is 1.74 bits per heavy atom. The molecule has 0 unspecified atom stereocenters. The van der Waals surface area contributed by atoms with Crippen LogP contribution in [0, 0.1) is 5.82 Å². The average Bonchev–Trinajstić information content (AvgIpc) is 3.13. The molecule has 0 spiro atoms. The molecule has 1 heterocycles. The standard InChI is InChI=1S/C18H13Cl2FN4OS/c19-14-8-5-12(10-15(14)20)22-18(27)24-23-17(26)16-2-1-9-25(16)13-6-3-11(21)4-7-13/h1-10H,(H,23,26)(H2,22,24,27). The molecule has 3 N–H and O–H groups in total. The van der Waals surface area contributed by atoms with Crippen molar-refractivity contribution in [2.45, 2.75) is 0 Å². The van der Waals surface area contributed by atoms with Crippen LogP contribution in [0.5, 0.6) is 0 Å². The van der Waals surface area contributed by atoms with Crippen molar-refractivity contribution < 1.29 is 9.18 Å². The minimum absolute atomic E-state index is 0.168. The quantitative estimate of drug-likeness (QED) is 0.427. The number of amides is 1. The highest BCUT2D eigenvalue weighted by molar-refractivity contribution is 7.80. The number of hydrazine groups is 1. The van der Waals surface area contributed by atoms with E-state index < -0.39 is 5.91 Å². The van der Waals surface area contributed by atoms with Gasteiger partial charge in [0.05, 0.1) is 10.0 Å². The Balaban J connectivity index is 1.63. The predicted octanol–water partition coefficient (Wildman–Crippen LogP) is 4.55. The van der Waals surface area contributed by atoms with Gasteiger partial charge in [-0.1, -0.05) is 23.2 Å². The van der Waals surface area contributed by atoms with Gasteiger partial charge in [0.15, 0.2) is 5.11 Å². The van der Waals surface area contributed by atoms with Crippen LogP contribution in [0.3, 0.4) is 0 Å². The van der Waals surface area contributed by atoms with Gasteiger partial charge >= 0.3 is 0 Å². The second-order valence-electron chi connectivity index (χ2n) is 5.40. The van der Waals surface area contributed by atoms with Gasteiger partial charge in [-0.25, -0.2) is 4.39 Å². The molecule has 0 atom stereocenters. The number of hydrogen-bond donors (Lipinski definition) is 3. The predicted molar refractivity (Wildman–Crippen MR) is 109 cm³/mol. The first-order valence-electron chi connectivity index (χ1n) is 7.70. The van der Waals surface area contributed by atoms with Crippen molar-refractivity contribution in [3.8, 4) is 5.69 Å². The number of aromatic nitrogens is 1. The summed E-state index contributed by atoms with van der Waals surface area (Å²) in [6, 6.07) is 14.1. The Morgan fingerprint density at radius 3 is 2.44 bits per heavy atom. The summed E-state index contributed by atoms with van der Waals surface area (Å²) < 4.78 is 14.7. The Hall–Kier alpha value is -2.61. The highest BCUT2D eigenvalue weighted by Gasteiger charge is 2.12. The number of nitrogens with one attached hydrogen (secondary N) is 3. The van der Waals surface area contributed by atoms with Crippen molar-refractivity contribution in [2.24, 2.45) is 0 Å². The molecule has 0 saturated heterocycles. The third kappa shape index (κ3) is 4.77. The van der Waals surface area contributed by atoms with Gasteiger partial charge < -0.3 is 9.88 Å². The summed E-state index contributed by atoms with van der Waals surface area (Å²) in [6.45, 7) is 0. The van der Waals surface area contributed by atoms with E-state index >= 15 is 0 Å². The average molecular weight is 423 g/mol. The normalized spacial score (nSPS) is 10.3. The van der Waals surface area contributed by atoms with Crippen molar-refractivity contribution in [1.82, 2.24) is 15.4 Å². The van der Waals surface area contributed by atoms with E-state index in [4.69, 9.17) is 35.4 Å². The topological polar surface area (TPSA) is 58.1 Å². The summed E-state index contributed by atoms with van der Waals surface area (Å²) in [6.07, 6.45) is 1.70. The van der Waals surface area contributed by atoms with Gasteiger partial charge in [-0.2, -0.15) is 0 Å². The molecule has 0 aliphatic carbocycles. The van der Waals surface area contributed by atoms with Gasteiger partial charge in [-0.05, 0) is 66.8 Å². The molecule has 9 heteroatoms. The van der Waals surface area contributed by atoms with E-state index in [1.807, 2.05) is 0 Å². The Labute approximate surface area is 170 Å². The third-order valence-electron chi connectivity index (χ3n) is 3.55. The first-order valence-corrected chi connectivity index (χ1v) is 8.86. The first-order chi connectivity index (χ1) is 12.9. The molecule has 0 fully saturated rings. The molecule has 0 aliphatic rings. The summed E-state index contributed by atoms with van der Waals surface area (Å²) >= 11 is 16.9. The van der Waals surface area contributed by atoms with Crippen LogP contribution in [-0.4, -0.2) is 15.6 Å². The number of anilines is 1. The minimum Gasteiger partial charge on any atom is -0.331 e. The van der Waals surface area contributed by atoms with Gasteiger partial charge in [-0.3, -0.25) is 15.6 Å². The molecule has 138 valence electrons. The SMILES string of the molecule is O=C(NNC(=S)Nc1ccc(Cl)c(Cl)c1)c1cccn1-c1ccc(F)cc1. The number of carbonyl (C=O) groups excluding carboxylic acids is 1. The molecular weight excluding hydrogens is 410 g/mol. The molecular formula is C18H13Cl2FN4OS. The molecule has 1 amide bonds. The van der Waals surface area contributed by atoms with Crippen LogP contribution in [0.1, 0.15) is 10.5 Å². The second-order valence-corrected chi connectivity index (χ2v) is 6.62. The van der Waals surface area contributed by atoms with Crippen molar-refractivity contribution in [3.05, 3.63) is 82.4 Å². The minimum atomic E-state index is -0.414. The number of rotatable bonds is 3. The van der Waals surface area contributed by atoms with Crippen LogP contribution in [0.4, 0.5) is 10.1 Å². The molecule has 5 nitrogen and oxygen atoms in total. The lowest BCUT2D eigenvalue weighted by atomic mass is 10.3. The van der Waals surface area contributed by atoms with Crippen LogP contribution in [0.2, 0.25) is 10.0 Å². The fourth-order valence-corrected chi connectivity index (χ4v) is 2.77. The van der Waals surface area contributed by atoms with E-state index in [0.717, 1.165) is 0 Å². The summed E-state index contributed by atoms with van der Waals surface area (Å²) in [5.74, 6) is -0.764. The molecule has 1 aromatic heterocycles. The smallest absolute Gasteiger partial charge is 0.286 e. The van der Waals surface area contributed by atoms with Gasteiger partial charge in [-0.15, -0.1) is 0 Å². The van der Waals surface area contributed by atoms with E-state index in [1.165, 1.54) is 12.1 Å². The summed E-state index contributed by atoms with van der Waals surface area (Å²) in [5, 5.41) is 3.85. The summed E-state index contributed by atoms with van der Waals surface area (Å²) in [4.78, 5) is 12.4. The molecule has 3 rings (SSSR count). The molecule has 0 radical (unpaired) electrons. The molecule has 0 bridgehead atoms. The van der Waals surface area contributed by atoms with Gasteiger partial charge in [0.2, 0.25) is 0 Å². The number of carbonyl (C=O) groups is 1. The highest BCUT2D eigenvalue weighted by Crippen LogP contribution is 2.24. The monoisotopic (exact) mass is 422 g/mol. The lowest BCUT2D eigenvalue weighted by Crippen LogP contribution is -2.44. The lowest BCUT2D eigenvalue weighted by Gasteiger charge is -2.13. The second kappa shape index (κ2) is 8.39. The lowest BCUT2D eigenvalue weighted by molar-refractivity contribution is 0.0937. The maximum atomic E-state index is 13.1. The highest BCUT2D eigenvalue weighted by atomic mass is 35.5. The van der Waals surface area contributed by atoms with Gasteiger partial charge in [0.1, 0.15) is 11.5 Å². The summed E-state index contributed by atoms with van der Waals surface area (Å²) in [7, 11) is 0. The molecule has 2 aromatic carbocycles. The fourth-order valence-electron chi connectivity index (χ4n) is 2.31. The van der Waals surface area contributed by atoms with Crippen LogP contribution in [0.15, 0.2) is 60.8 Å². The zero-order valence-corrected chi connectivity index (χ0v) is 16.0. The number of benzene rings is 2. The zero-order valence-electron chi connectivity index (χ0n) is 13.7. The van der Waals surface area contributed by atoms with E-state index in [1.54, 1.807) is 53.2 Å². The first kappa shape index (κ1) is 19.2. The number of nitrogens with zero attached hydrogens (tertiary/aromatic N) is 1. The molecule has 3 aromatic rings. The maximum absolute atomic E-state index is 13.1. The van der Waals surface area contributed by atoms with Crippen LogP contribution < -0.4 is 16.2 Å². The van der Waals surface area contributed by atoms with E-state index in [9.17, 15) is 9.18 Å². The maximum Gasteiger partial charge on any atom is 0.286 e. The largest absolute Gasteiger partial charge is 0.331 e. The third-order valence-corrected chi connectivity index (χ3v) is 4.50. The van der Waals surface area contributed by atoms with Crippen LogP contribution in [-0.2, 0) is 0 Å².